The molecular formula is C39H66N2. The first-order valence-electron chi connectivity index (χ1n) is 16.4. The molecule has 0 radical (unpaired) electrons. The van der Waals surface area contributed by atoms with Crippen LogP contribution in [-0.4, -0.2) is 20.6 Å². The van der Waals surface area contributed by atoms with Crippen molar-refractivity contribution in [1.82, 2.24) is 5.32 Å². The number of hydrogen-bond acceptors (Lipinski definition) is 2. The first-order valence-corrected chi connectivity index (χ1v) is 16.4. The minimum atomic E-state index is 0.773. The SMILES string of the molecule is C=CC.CCC.CCc1c(CCNC)ccc(CCCc2ccc(C)c(C)c2)c1/C=C(\C)C1CCC(C)CC1.CN. The molecule has 0 unspecified atom stereocenters. The zero-order chi connectivity index (χ0) is 31.2. The molecule has 0 saturated heterocycles. The molecule has 0 heterocycles. The molecule has 3 N–H and O–H groups in total. The van der Waals surface area contributed by atoms with Crippen LogP contribution in [-0.2, 0) is 25.7 Å². The van der Waals surface area contributed by atoms with E-state index in [2.05, 4.69) is 110 Å². The minimum absolute atomic E-state index is 0.773. The number of rotatable bonds is 10. The van der Waals surface area contributed by atoms with Gasteiger partial charge in [-0.2, -0.15) is 0 Å². The van der Waals surface area contributed by atoms with Gasteiger partial charge in [-0.15, -0.1) is 6.58 Å². The lowest BCUT2D eigenvalue weighted by Crippen LogP contribution is -2.14. The molecule has 1 aliphatic carbocycles. The maximum atomic E-state index is 4.50. The van der Waals surface area contributed by atoms with E-state index in [0.717, 1.165) is 44.1 Å². The maximum Gasteiger partial charge on any atom is -0.00112 e. The summed E-state index contributed by atoms with van der Waals surface area (Å²) in [6, 6.07) is 11.8. The Bertz CT molecular complexity index is 993. The number of nitrogens with two attached hydrogens (primary N) is 1. The van der Waals surface area contributed by atoms with E-state index in [1.165, 1.54) is 67.8 Å². The Morgan fingerprint density at radius 3 is 2.05 bits per heavy atom. The quantitative estimate of drug-likeness (QED) is 0.283. The number of aryl methyl sites for hydroxylation is 4. The van der Waals surface area contributed by atoms with Crippen molar-refractivity contribution in [2.75, 3.05) is 20.6 Å². The number of benzene rings is 2. The lowest BCUT2D eigenvalue weighted by atomic mass is 9.78. The Morgan fingerprint density at radius 2 is 1.51 bits per heavy atom. The van der Waals surface area contributed by atoms with Crippen LogP contribution < -0.4 is 11.1 Å². The summed E-state index contributed by atoms with van der Waals surface area (Å²) in [6.07, 6.45) is 16.9. The van der Waals surface area contributed by atoms with Crippen molar-refractivity contribution in [1.29, 1.82) is 0 Å². The van der Waals surface area contributed by atoms with Crippen LogP contribution in [0.25, 0.3) is 6.08 Å². The fourth-order valence-corrected chi connectivity index (χ4v) is 5.57. The predicted octanol–water partition coefficient (Wildman–Crippen LogP) is 10.2. The Balaban J connectivity index is 0.00000180. The topological polar surface area (TPSA) is 38.0 Å². The van der Waals surface area contributed by atoms with E-state index in [4.69, 9.17) is 0 Å². The van der Waals surface area contributed by atoms with E-state index in [9.17, 15) is 0 Å². The third-order valence-corrected chi connectivity index (χ3v) is 8.06. The smallest absolute Gasteiger partial charge is 0.00112 e. The van der Waals surface area contributed by atoms with Crippen molar-refractivity contribution >= 4 is 6.08 Å². The van der Waals surface area contributed by atoms with Crippen LogP contribution in [0.1, 0.15) is 119 Å². The third kappa shape index (κ3) is 14.5. The van der Waals surface area contributed by atoms with Gasteiger partial charge in [-0.05, 0) is 144 Å². The average molecular weight is 563 g/mol. The molecule has 0 amide bonds. The summed E-state index contributed by atoms with van der Waals surface area (Å²) in [6.45, 7) is 22.1. The monoisotopic (exact) mass is 563 g/mol. The van der Waals surface area contributed by atoms with Crippen LogP contribution in [0.4, 0.5) is 0 Å². The molecule has 2 heteroatoms. The zero-order valence-electron chi connectivity index (χ0n) is 28.8. The van der Waals surface area contributed by atoms with Crippen LogP contribution in [0, 0.1) is 25.7 Å². The van der Waals surface area contributed by atoms with Gasteiger partial charge < -0.3 is 11.1 Å². The molecule has 1 aliphatic rings. The molecule has 1 fully saturated rings. The van der Waals surface area contributed by atoms with Crippen molar-refractivity contribution in [3.8, 4) is 0 Å². The Labute approximate surface area is 256 Å². The number of allylic oxidation sites excluding steroid dienone is 2. The summed E-state index contributed by atoms with van der Waals surface area (Å²) >= 11 is 0. The molecule has 2 nitrogen and oxygen atoms in total. The van der Waals surface area contributed by atoms with Gasteiger partial charge in [0.15, 0.2) is 0 Å². The second-order valence-electron chi connectivity index (χ2n) is 11.7. The normalized spacial score (nSPS) is 16.3. The molecular weight excluding hydrogens is 496 g/mol. The lowest BCUT2D eigenvalue weighted by molar-refractivity contribution is 0.321. The highest BCUT2D eigenvalue weighted by Gasteiger charge is 2.20. The molecule has 0 aliphatic heterocycles. The van der Waals surface area contributed by atoms with Gasteiger partial charge >= 0.3 is 0 Å². The summed E-state index contributed by atoms with van der Waals surface area (Å²) in [4.78, 5) is 0. The summed E-state index contributed by atoms with van der Waals surface area (Å²) in [5, 5.41) is 3.34. The summed E-state index contributed by atoms with van der Waals surface area (Å²) in [5.74, 6) is 1.68. The van der Waals surface area contributed by atoms with Crippen LogP contribution in [0.5, 0.6) is 0 Å². The molecule has 232 valence electrons. The Kier molecular flexibility index (Phi) is 22.2. The molecule has 3 rings (SSSR count). The van der Waals surface area contributed by atoms with Gasteiger partial charge in [-0.25, -0.2) is 0 Å². The fourth-order valence-electron chi connectivity index (χ4n) is 5.57. The van der Waals surface area contributed by atoms with Gasteiger partial charge in [0, 0.05) is 0 Å². The lowest BCUT2D eigenvalue weighted by Gasteiger charge is -2.27. The number of likely N-dealkylation sites (N-methyl/N-ethyl adjacent to an activating group) is 1. The van der Waals surface area contributed by atoms with Crippen LogP contribution in [0.15, 0.2) is 48.6 Å². The van der Waals surface area contributed by atoms with Crippen LogP contribution >= 0.6 is 0 Å². The van der Waals surface area contributed by atoms with Crippen molar-refractivity contribution in [2.45, 2.75) is 120 Å². The highest BCUT2D eigenvalue weighted by molar-refractivity contribution is 5.63. The van der Waals surface area contributed by atoms with E-state index < -0.39 is 0 Å². The van der Waals surface area contributed by atoms with E-state index in [1.54, 1.807) is 28.3 Å². The molecule has 1 saturated carbocycles. The van der Waals surface area contributed by atoms with Crippen molar-refractivity contribution in [3.63, 3.8) is 0 Å². The fraction of sp³-hybridized carbons (Fsp3) is 0.590. The van der Waals surface area contributed by atoms with E-state index in [0.29, 0.717) is 0 Å². The first kappa shape index (κ1) is 38.8. The summed E-state index contributed by atoms with van der Waals surface area (Å²) < 4.78 is 0. The number of hydrogen-bond donors (Lipinski definition) is 2. The van der Waals surface area contributed by atoms with E-state index in [1.807, 2.05) is 6.92 Å². The van der Waals surface area contributed by atoms with Gasteiger partial charge in [0.25, 0.3) is 0 Å². The van der Waals surface area contributed by atoms with E-state index >= 15 is 0 Å². The minimum Gasteiger partial charge on any atom is -0.333 e. The molecule has 41 heavy (non-hydrogen) atoms. The highest BCUT2D eigenvalue weighted by Crippen LogP contribution is 2.35. The zero-order valence-corrected chi connectivity index (χ0v) is 28.8. The number of nitrogens with one attached hydrogen (secondary N) is 1. The van der Waals surface area contributed by atoms with Crippen molar-refractivity contribution < 1.29 is 0 Å². The van der Waals surface area contributed by atoms with Gasteiger partial charge in [0.05, 0.1) is 0 Å². The predicted molar refractivity (Wildman–Crippen MR) is 188 cm³/mol. The van der Waals surface area contributed by atoms with Crippen molar-refractivity contribution in [2.24, 2.45) is 17.6 Å². The molecule has 2 aromatic rings. The van der Waals surface area contributed by atoms with E-state index in [-0.39, 0.29) is 0 Å². The largest absolute Gasteiger partial charge is 0.333 e. The summed E-state index contributed by atoms with van der Waals surface area (Å²) in [5.41, 5.74) is 16.6. The first-order chi connectivity index (χ1) is 19.8. The highest BCUT2D eigenvalue weighted by atomic mass is 14.8. The molecule has 0 spiro atoms. The molecule has 0 aromatic heterocycles. The Hall–Kier alpha value is -2.16. The second-order valence-corrected chi connectivity index (χ2v) is 11.7. The van der Waals surface area contributed by atoms with Gasteiger partial charge in [-0.3, -0.25) is 0 Å². The standard InChI is InChI=1S/C32H47N.C3H8.C3H6.CH5N/c1-7-31-30(19-20-33-6)18-17-29(10-8-9-27-14-13-24(3)25(4)21-27)32(31)22-26(5)28-15-11-23(2)12-16-28;2*1-3-2;1-2/h13-14,17-18,21-23,28,33H,7-12,15-16,19-20H2,1-6H3;3H2,1-2H3;3H,1H2,2H3;2H2,1H3/b26-22+;;;. The van der Waals surface area contributed by atoms with Gasteiger partial charge in [0.2, 0.25) is 0 Å². The average Bonchev–Trinajstić information content (AvgIpc) is 2.97. The van der Waals surface area contributed by atoms with Gasteiger partial charge in [-0.1, -0.05) is 95.0 Å². The van der Waals surface area contributed by atoms with Crippen LogP contribution in [0.3, 0.4) is 0 Å². The molecule has 0 bridgehead atoms. The third-order valence-electron chi connectivity index (χ3n) is 8.06. The van der Waals surface area contributed by atoms with Crippen LogP contribution in [0.2, 0.25) is 0 Å². The maximum absolute atomic E-state index is 4.50. The second kappa shape index (κ2) is 23.4. The molecule has 0 atom stereocenters. The Morgan fingerprint density at radius 1 is 0.927 bits per heavy atom. The summed E-state index contributed by atoms with van der Waals surface area (Å²) in [7, 11) is 3.56. The molecule has 2 aromatic carbocycles. The van der Waals surface area contributed by atoms with Gasteiger partial charge in [0.1, 0.15) is 0 Å². The van der Waals surface area contributed by atoms with Crippen molar-refractivity contribution in [3.05, 3.63) is 87.5 Å².